The summed E-state index contributed by atoms with van der Waals surface area (Å²) in [6.07, 6.45) is 16.1. The Kier molecular flexibility index (Phi) is 4.81. The Morgan fingerprint density at radius 3 is 2.24 bits per heavy atom. The third-order valence-corrected chi connectivity index (χ3v) is 8.18. The van der Waals surface area contributed by atoms with Crippen LogP contribution in [0.15, 0.2) is 115 Å². The van der Waals surface area contributed by atoms with Crippen LogP contribution in [-0.4, -0.2) is 9.13 Å². The van der Waals surface area contributed by atoms with Gasteiger partial charge in [0.15, 0.2) is 0 Å². The van der Waals surface area contributed by atoms with E-state index in [1.54, 1.807) is 0 Å². The second-order valence-corrected chi connectivity index (χ2v) is 10.4. The number of hydrogen-bond acceptors (Lipinski definition) is 0. The quantitative estimate of drug-likeness (QED) is 0.235. The lowest BCUT2D eigenvalue weighted by molar-refractivity contribution is 0.892. The molecule has 2 nitrogen and oxygen atoms in total. The maximum atomic E-state index is 2.53. The number of para-hydroxylation sites is 1. The van der Waals surface area contributed by atoms with E-state index < -0.39 is 0 Å². The van der Waals surface area contributed by atoms with Crippen LogP contribution in [0.25, 0.3) is 61.3 Å². The van der Waals surface area contributed by atoms with E-state index in [1.807, 2.05) is 0 Å². The molecule has 8 rings (SSSR count). The van der Waals surface area contributed by atoms with Crippen molar-refractivity contribution in [1.82, 2.24) is 9.13 Å². The van der Waals surface area contributed by atoms with Crippen molar-refractivity contribution in [3.63, 3.8) is 0 Å². The van der Waals surface area contributed by atoms with E-state index in [-0.39, 0.29) is 0 Å². The molecule has 0 spiro atoms. The molecule has 2 aromatic heterocycles. The van der Waals surface area contributed by atoms with Crippen molar-refractivity contribution in [2.24, 2.45) is 0 Å². The summed E-state index contributed by atoms with van der Waals surface area (Å²) in [6.45, 7) is 0. The zero-order valence-corrected chi connectivity index (χ0v) is 21.3. The molecule has 0 fully saturated rings. The number of fused-ring (bicyclic) bond motifs is 6. The van der Waals surface area contributed by atoms with Gasteiger partial charge < -0.3 is 9.13 Å². The molecule has 2 heteroatoms. The minimum atomic E-state index is 1.08. The summed E-state index contributed by atoms with van der Waals surface area (Å²) in [4.78, 5) is 0. The fourth-order valence-corrected chi connectivity index (χ4v) is 6.47. The average Bonchev–Trinajstić information content (AvgIpc) is 3.49. The molecule has 4 aromatic carbocycles. The topological polar surface area (TPSA) is 9.86 Å². The number of benzene rings is 4. The molecule has 2 heterocycles. The molecule has 0 radical (unpaired) electrons. The van der Waals surface area contributed by atoms with Crippen LogP contribution in [0.4, 0.5) is 0 Å². The Morgan fingerprint density at radius 2 is 1.34 bits per heavy atom. The Morgan fingerprint density at radius 1 is 0.526 bits per heavy atom. The Balaban J connectivity index is 1.46. The van der Waals surface area contributed by atoms with Gasteiger partial charge in [0, 0.05) is 38.8 Å². The molecule has 6 aromatic rings. The molecule has 0 aliphatic heterocycles. The SMILES string of the molecule is C1=CC(n2c3c(c4cc5c6ccccc6n(-c6cccc(-c7ccccc7)c6)c5cc42)C=CCC3)=CCC1. The first-order chi connectivity index (χ1) is 18.9. The van der Waals surface area contributed by atoms with Crippen LogP contribution < -0.4 is 0 Å². The van der Waals surface area contributed by atoms with Crippen LogP contribution in [0.5, 0.6) is 0 Å². The van der Waals surface area contributed by atoms with Crippen LogP contribution in [-0.2, 0) is 6.42 Å². The Labute approximate surface area is 222 Å². The van der Waals surface area contributed by atoms with E-state index in [0.29, 0.717) is 0 Å². The van der Waals surface area contributed by atoms with Crippen molar-refractivity contribution in [3.8, 4) is 16.8 Å². The predicted molar refractivity (Wildman–Crippen MR) is 162 cm³/mol. The average molecular weight is 489 g/mol. The van der Waals surface area contributed by atoms with Gasteiger partial charge in [0.2, 0.25) is 0 Å². The highest BCUT2D eigenvalue weighted by molar-refractivity contribution is 6.15. The van der Waals surface area contributed by atoms with E-state index in [1.165, 1.54) is 66.5 Å². The number of nitrogens with zero attached hydrogens (tertiary/aromatic N) is 2. The van der Waals surface area contributed by atoms with Crippen LogP contribution in [0.1, 0.15) is 30.5 Å². The molecule has 182 valence electrons. The van der Waals surface area contributed by atoms with Crippen LogP contribution >= 0.6 is 0 Å². The van der Waals surface area contributed by atoms with Gasteiger partial charge in [0.1, 0.15) is 0 Å². The van der Waals surface area contributed by atoms with Gasteiger partial charge in [-0.15, -0.1) is 0 Å². The van der Waals surface area contributed by atoms with E-state index >= 15 is 0 Å². The van der Waals surface area contributed by atoms with Gasteiger partial charge in [-0.3, -0.25) is 0 Å². The molecule has 0 N–H and O–H groups in total. The summed E-state index contributed by atoms with van der Waals surface area (Å²) in [5.74, 6) is 0. The van der Waals surface area contributed by atoms with Crippen LogP contribution in [0.3, 0.4) is 0 Å². The second kappa shape index (κ2) is 8.49. The normalized spacial score (nSPS) is 14.9. The van der Waals surface area contributed by atoms with Crippen molar-refractivity contribution in [3.05, 3.63) is 127 Å². The number of rotatable bonds is 3. The minimum absolute atomic E-state index is 1.08. The van der Waals surface area contributed by atoms with Gasteiger partial charge in [0.05, 0.1) is 16.6 Å². The highest BCUT2D eigenvalue weighted by Gasteiger charge is 2.22. The summed E-state index contributed by atoms with van der Waals surface area (Å²) in [5.41, 5.74) is 11.6. The van der Waals surface area contributed by atoms with Gasteiger partial charge in [0.25, 0.3) is 0 Å². The van der Waals surface area contributed by atoms with Crippen molar-refractivity contribution < 1.29 is 0 Å². The van der Waals surface area contributed by atoms with Gasteiger partial charge in [-0.05, 0) is 73.2 Å². The number of aromatic nitrogens is 2. The summed E-state index contributed by atoms with van der Waals surface area (Å²) < 4.78 is 4.99. The lowest BCUT2D eigenvalue weighted by Gasteiger charge is -2.16. The van der Waals surface area contributed by atoms with Crippen molar-refractivity contribution >= 4 is 44.5 Å². The van der Waals surface area contributed by atoms with Crippen molar-refractivity contribution in [2.45, 2.75) is 25.7 Å². The first kappa shape index (κ1) is 21.5. The molecule has 0 saturated heterocycles. The van der Waals surface area contributed by atoms with Crippen molar-refractivity contribution in [1.29, 1.82) is 0 Å². The third-order valence-electron chi connectivity index (χ3n) is 8.18. The van der Waals surface area contributed by atoms with E-state index in [4.69, 9.17) is 0 Å². The van der Waals surface area contributed by atoms with Crippen LogP contribution in [0.2, 0.25) is 0 Å². The molecule has 2 aliphatic carbocycles. The molecule has 0 amide bonds. The van der Waals surface area contributed by atoms with E-state index in [9.17, 15) is 0 Å². The highest BCUT2D eigenvalue weighted by atomic mass is 15.0. The molecule has 0 saturated carbocycles. The first-order valence-electron chi connectivity index (χ1n) is 13.7. The maximum absolute atomic E-state index is 2.53. The minimum Gasteiger partial charge on any atom is -0.313 e. The lowest BCUT2D eigenvalue weighted by Crippen LogP contribution is -2.04. The van der Waals surface area contributed by atoms with Gasteiger partial charge in [-0.2, -0.15) is 0 Å². The van der Waals surface area contributed by atoms with Crippen molar-refractivity contribution in [2.75, 3.05) is 0 Å². The van der Waals surface area contributed by atoms with E-state index in [2.05, 4.69) is 131 Å². The van der Waals surface area contributed by atoms with Gasteiger partial charge >= 0.3 is 0 Å². The monoisotopic (exact) mass is 488 g/mol. The molecule has 0 unspecified atom stereocenters. The molecule has 38 heavy (non-hydrogen) atoms. The summed E-state index contributed by atoms with van der Waals surface area (Å²) in [7, 11) is 0. The second-order valence-electron chi connectivity index (χ2n) is 10.4. The van der Waals surface area contributed by atoms with E-state index in [0.717, 1.165) is 25.7 Å². The fourth-order valence-electron chi connectivity index (χ4n) is 6.47. The Hall–Kier alpha value is -4.56. The summed E-state index contributed by atoms with van der Waals surface area (Å²) in [5, 5.41) is 3.96. The Bertz CT molecular complexity index is 1960. The summed E-state index contributed by atoms with van der Waals surface area (Å²) >= 11 is 0. The number of hydrogen-bond donors (Lipinski definition) is 0. The predicted octanol–water partition coefficient (Wildman–Crippen LogP) is 9.56. The highest BCUT2D eigenvalue weighted by Crippen LogP contribution is 2.41. The van der Waals surface area contributed by atoms with Gasteiger partial charge in [-0.25, -0.2) is 0 Å². The molecule has 0 bridgehead atoms. The zero-order chi connectivity index (χ0) is 25.1. The largest absolute Gasteiger partial charge is 0.313 e. The fraction of sp³-hybridized carbons (Fsp3) is 0.111. The molecule has 0 atom stereocenters. The van der Waals surface area contributed by atoms with Crippen LogP contribution in [0, 0.1) is 0 Å². The summed E-state index contributed by atoms with van der Waals surface area (Å²) in [6, 6.07) is 33.3. The number of allylic oxidation sites excluding steroid dienone is 5. The van der Waals surface area contributed by atoms with Gasteiger partial charge in [-0.1, -0.05) is 85.0 Å². The smallest absolute Gasteiger partial charge is 0.0562 e. The first-order valence-corrected chi connectivity index (χ1v) is 13.7. The molecule has 2 aliphatic rings. The molecular formula is C36H28N2. The lowest BCUT2D eigenvalue weighted by atomic mass is 10.0. The maximum Gasteiger partial charge on any atom is 0.0562 e. The third kappa shape index (κ3) is 3.20. The zero-order valence-electron chi connectivity index (χ0n) is 21.3. The standard InChI is InChI=1S/C36H28N2/c1-3-12-25(13-4-1)26-14-11-17-28(22-26)38-34-21-10-8-19-30(34)32-23-31-29-18-7-9-20-33(29)37(35(31)24-36(32)38)27-15-5-2-6-16-27/h1,3-5,7-8,10-19,21-24H,2,6,9,20H2. The molecular weight excluding hydrogens is 460 g/mol.